The van der Waals surface area contributed by atoms with E-state index >= 15 is 0 Å². The summed E-state index contributed by atoms with van der Waals surface area (Å²) in [6.07, 6.45) is 3.31. The monoisotopic (exact) mass is 586 g/mol. The number of methoxy groups -OCH3 is 1. The number of rotatable bonds is 10. The van der Waals surface area contributed by atoms with E-state index in [0.29, 0.717) is 37.1 Å². The van der Waals surface area contributed by atoms with Gasteiger partial charge in [0, 0.05) is 61.1 Å². The van der Waals surface area contributed by atoms with Gasteiger partial charge in [0.15, 0.2) is 5.82 Å². The van der Waals surface area contributed by atoms with Crippen LogP contribution in [0.5, 0.6) is 0 Å². The third-order valence-electron chi connectivity index (χ3n) is 8.16. The molecule has 0 spiro atoms. The summed E-state index contributed by atoms with van der Waals surface area (Å²) in [6, 6.07) is 3.78. The van der Waals surface area contributed by atoms with Crippen molar-refractivity contribution in [2.24, 2.45) is 5.92 Å². The molecule has 4 atom stereocenters. The number of aromatic nitrogens is 5. The van der Waals surface area contributed by atoms with E-state index in [2.05, 4.69) is 56.1 Å². The molecule has 0 saturated carbocycles. The molecule has 2 fully saturated rings. The predicted molar refractivity (Wildman–Crippen MR) is 159 cm³/mol. The second kappa shape index (κ2) is 12.0. The number of pyridine rings is 1. The van der Waals surface area contributed by atoms with Gasteiger partial charge in [0.25, 0.3) is 0 Å². The highest BCUT2D eigenvalue weighted by Gasteiger charge is 2.41. The van der Waals surface area contributed by atoms with Crippen LogP contribution in [0, 0.1) is 5.92 Å². The van der Waals surface area contributed by atoms with Crippen LogP contribution in [0.25, 0.3) is 10.8 Å². The summed E-state index contributed by atoms with van der Waals surface area (Å²) >= 11 is 0. The molecule has 5 heterocycles. The number of ether oxygens (including phenoxy) is 1. The predicted octanol–water partition coefficient (Wildman–Crippen LogP) is 3.89. The smallest absolute Gasteiger partial charge is 0.227 e. The van der Waals surface area contributed by atoms with E-state index in [1.54, 1.807) is 25.4 Å². The number of nitrogens with zero attached hydrogens (tertiary/aromatic N) is 7. The maximum absolute atomic E-state index is 14.5. The van der Waals surface area contributed by atoms with Gasteiger partial charge in [-0.15, -0.1) is 5.10 Å². The number of hydrogen-bond donors (Lipinski definition) is 1. The molecule has 0 radical (unpaired) electrons. The van der Waals surface area contributed by atoms with Crippen molar-refractivity contribution in [2.45, 2.75) is 64.8 Å². The lowest BCUT2D eigenvalue weighted by Gasteiger charge is -2.48. The zero-order valence-electron chi connectivity index (χ0n) is 24.3. The molecule has 5 rings (SSSR count). The van der Waals surface area contributed by atoms with E-state index in [1.807, 2.05) is 11.0 Å². The van der Waals surface area contributed by atoms with Crippen LogP contribution < -0.4 is 15.1 Å². The lowest BCUT2D eigenvalue weighted by Crippen LogP contribution is -2.58. The molecule has 0 aliphatic carbocycles. The molecule has 0 unspecified atom stereocenters. The molecule has 41 heavy (non-hydrogen) atoms. The molecular weight excluding hydrogens is 547 g/mol. The Labute approximate surface area is 240 Å². The highest BCUT2D eigenvalue weighted by Crippen LogP contribution is 2.38. The second-order valence-electron chi connectivity index (χ2n) is 11.2. The van der Waals surface area contributed by atoms with Crippen LogP contribution in [0.4, 0.5) is 27.8 Å². The molecule has 0 aromatic carbocycles. The van der Waals surface area contributed by atoms with Gasteiger partial charge in [-0.05, 0) is 30.9 Å². The van der Waals surface area contributed by atoms with Crippen LogP contribution in [-0.2, 0) is 14.6 Å². The van der Waals surface area contributed by atoms with Gasteiger partial charge in [0.2, 0.25) is 5.95 Å². The quantitative estimate of drug-likeness (QED) is 0.372. The fraction of sp³-hybridized carbons (Fsp3) is 0.607. The first-order chi connectivity index (χ1) is 19.6. The zero-order valence-corrected chi connectivity index (χ0v) is 25.1. The minimum Gasteiger partial charge on any atom is -0.378 e. The number of sulfone groups is 1. The van der Waals surface area contributed by atoms with E-state index in [9.17, 15) is 12.8 Å². The number of piperidine rings is 1. The van der Waals surface area contributed by atoms with Gasteiger partial charge in [0.05, 0.1) is 24.1 Å². The molecule has 1 N–H and O–H groups in total. The molecule has 222 valence electrons. The largest absolute Gasteiger partial charge is 0.378 e. The Balaban J connectivity index is 1.40. The Morgan fingerprint density at radius 3 is 2.63 bits per heavy atom. The van der Waals surface area contributed by atoms with Crippen molar-refractivity contribution in [3.63, 3.8) is 0 Å². The number of fused-ring (bicyclic) bond motifs is 1. The average Bonchev–Trinajstić information content (AvgIpc) is 2.95. The highest BCUT2D eigenvalue weighted by molar-refractivity contribution is 7.91. The normalized spacial score (nSPS) is 23.2. The third-order valence-corrected chi connectivity index (χ3v) is 9.98. The van der Waals surface area contributed by atoms with Gasteiger partial charge >= 0.3 is 0 Å². The molecule has 3 aromatic heterocycles. The van der Waals surface area contributed by atoms with Crippen molar-refractivity contribution >= 4 is 44.0 Å². The lowest BCUT2D eigenvalue weighted by atomic mass is 9.87. The number of alkyl halides is 1. The van der Waals surface area contributed by atoms with Crippen molar-refractivity contribution in [1.29, 1.82) is 0 Å². The fourth-order valence-corrected chi connectivity index (χ4v) is 7.04. The van der Waals surface area contributed by atoms with E-state index in [-0.39, 0.29) is 35.9 Å². The molecule has 13 heteroatoms. The Morgan fingerprint density at radius 1 is 1.15 bits per heavy atom. The van der Waals surface area contributed by atoms with Crippen LogP contribution in [0.2, 0.25) is 0 Å². The molecular formula is C28H39FN8O3S. The average molecular weight is 587 g/mol. The molecule has 3 aromatic rings. The zero-order chi connectivity index (χ0) is 29.3. The van der Waals surface area contributed by atoms with Gasteiger partial charge in [-0.3, -0.25) is 0 Å². The number of halogens is 1. The fourth-order valence-electron chi connectivity index (χ4n) is 5.82. The molecule has 2 saturated heterocycles. The second-order valence-corrected chi connectivity index (χ2v) is 13.6. The van der Waals surface area contributed by atoms with Crippen molar-refractivity contribution < 1.29 is 17.5 Å². The maximum Gasteiger partial charge on any atom is 0.227 e. The maximum atomic E-state index is 14.5. The van der Waals surface area contributed by atoms with Crippen LogP contribution in [-0.4, -0.2) is 90.1 Å². The van der Waals surface area contributed by atoms with Gasteiger partial charge in [0.1, 0.15) is 27.6 Å². The first-order valence-corrected chi connectivity index (χ1v) is 16.1. The van der Waals surface area contributed by atoms with E-state index in [1.165, 1.54) is 7.11 Å². The standard InChI is InChI=1S/C28H39FN8O3S/c1-6-22-18(16-41(38,39)7-2)14-37(22)27-20-13-31-25(12-19(20)26(17(3)4)34-35-27)32-24-8-10-30-28(33-24)36-11-9-23(40-5)21(29)15-36/h8,10,12-13,17-18,21-23H,6-7,9,11,14-16H2,1-5H3,(H,30,31,32,33)/t18-,21+,22-,23-/m1/s1. The molecule has 11 nitrogen and oxygen atoms in total. The molecule has 2 aliphatic heterocycles. The van der Waals surface area contributed by atoms with Crippen molar-refractivity contribution in [1.82, 2.24) is 25.1 Å². The minimum absolute atomic E-state index is 0.0698. The van der Waals surface area contributed by atoms with E-state index in [0.717, 1.165) is 28.7 Å². The Bertz CT molecular complexity index is 1490. The van der Waals surface area contributed by atoms with Crippen LogP contribution in [0.3, 0.4) is 0 Å². The summed E-state index contributed by atoms with van der Waals surface area (Å²) in [7, 11) is -1.53. The first kappa shape index (κ1) is 29.3. The number of hydrogen-bond acceptors (Lipinski definition) is 11. The lowest BCUT2D eigenvalue weighted by molar-refractivity contribution is 0.0194. The Morgan fingerprint density at radius 2 is 1.95 bits per heavy atom. The summed E-state index contributed by atoms with van der Waals surface area (Å²) in [5, 5.41) is 14.3. The molecule has 2 aliphatic rings. The Kier molecular flexibility index (Phi) is 8.55. The van der Waals surface area contributed by atoms with Crippen molar-refractivity contribution in [3.8, 4) is 0 Å². The van der Waals surface area contributed by atoms with E-state index in [4.69, 9.17) is 4.74 Å². The van der Waals surface area contributed by atoms with Crippen LogP contribution in [0.15, 0.2) is 24.5 Å². The van der Waals surface area contributed by atoms with Gasteiger partial charge < -0.3 is 19.9 Å². The third kappa shape index (κ3) is 6.06. The van der Waals surface area contributed by atoms with Gasteiger partial charge in [-0.1, -0.05) is 27.7 Å². The highest BCUT2D eigenvalue weighted by atomic mass is 32.2. The first-order valence-electron chi connectivity index (χ1n) is 14.3. The topological polar surface area (TPSA) is 126 Å². The van der Waals surface area contributed by atoms with Gasteiger partial charge in [-0.25, -0.2) is 22.8 Å². The van der Waals surface area contributed by atoms with Crippen LogP contribution in [0.1, 0.15) is 52.1 Å². The van der Waals surface area contributed by atoms with Crippen LogP contribution >= 0.6 is 0 Å². The number of nitrogens with one attached hydrogen (secondary N) is 1. The molecule has 0 bridgehead atoms. The minimum atomic E-state index is -3.06. The van der Waals surface area contributed by atoms with E-state index < -0.39 is 22.1 Å². The van der Waals surface area contributed by atoms with Crippen molar-refractivity contribution in [3.05, 3.63) is 30.2 Å². The summed E-state index contributed by atoms with van der Waals surface area (Å²) in [5.41, 5.74) is 0.853. The molecule has 0 amide bonds. The summed E-state index contributed by atoms with van der Waals surface area (Å²) < 4.78 is 44.3. The van der Waals surface area contributed by atoms with Crippen molar-refractivity contribution in [2.75, 3.05) is 53.4 Å². The summed E-state index contributed by atoms with van der Waals surface area (Å²) in [5.74, 6) is 2.86. The summed E-state index contributed by atoms with van der Waals surface area (Å²) in [4.78, 5) is 17.6. The summed E-state index contributed by atoms with van der Waals surface area (Å²) in [6.45, 7) is 9.31. The SMILES string of the molecule is CC[C@@H]1[C@@H](CS(=O)(=O)CC)CN1c1nnc(C(C)C)c2cc(Nc3ccnc(N4CC[C@@H](OC)[C@@H](F)C4)n3)ncc12. The van der Waals surface area contributed by atoms with Gasteiger partial charge in [-0.2, -0.15) is 10.1 Å². The Hall–Kier alpha value is -3.19. The number of anilines is 4.